The summed E-state index contributed by atoms with van der Waals surface area (Å²) < 4.78 is 43.4. The molecular weight excluding hydrogens is 382 g/mol. The van der Waals surface area contributed by atoms with Gasteiger partial charge in [-0.1, -0.05) is 36.4 Å². The molecule has 0 radical (unpaired) electrons. The third kappa shape index (κ3) is 7.40. The largest absolute Gasteiger partial charge is 0.527 e. The van der Waals surface area contributed by atoms with Crippen molar-refractivity contribution in [1.82, 2.24) is 0 Å². The molecule has 8 nitrogen and oxygen atoms in total. The summed E-state index contributed by atoms with van der Waals surface area (Å²) in [7, 11) is -8.11. The van der Waals surface area contributed by atoms with Gasteiger partial charge in [-0.3, -0.25) is 14.0 Å². The third-order valence-electron chi connectivity index (χ3n) is 3.02. The second kappa shape index (κ2) is 10.00. The van der Waals surface area contributed by atoms with Crippen molar-refractivity contribution in [3.8, 4) is 5.75 Å². The molecule has 0 amide bonds. The highest BCUT2D eigenvalue weighted by atomic mass is 31.2. The van der Waals surface area contributed by atoms with E-state index < -0.39 is 15.4 Å². The molecule has 0 aliphatic heterocycles. The Hall–Kier alpha value is -1.50. The van der Waals surface area contributed by atoms with Gasteiger partial charge in [0.1, 0.15) is 5.75 Å². The SMILES string of the molecule is O=P(O)(OCCOCCOP(=O)(O)c1ccccc1)Oc1ccccc1. The zero-order chi connectivity index (χ0) is 18.9. The van der Waals surface area contributed by atoms with Crippen molar-refractivity contribution in [2.24, 2.45) is 0 Å². The van der Waals surface area contributed by atoms with Crippen LogP contribution in [0, 0.1) is 0 Å². The number of para-hydroxylation sites is 1. The summed E-state index contributed by atoms with van der Waals surface area (Å²) in [6.45, 7) is -0.279. The van der Waals surface area contributed by atoms with E-state index in [0.717, 1.165) is 0 Å². The Morgan fingerprint density at radius 1 is 0.731 bits per heavy atom. The molecule has 142 valence electrons. The van der Waals surface area contributed by atoms with E-state index in [-0.39, 0.29) is 37.5 Å². The Morgan fingerprint density at radius 3 is 1.88 bits per heavy atom. The Labute approximate surface area is 151 Å². The van der Waals surface area contributed by atoms with E-state index in [0.29, 0.717) is 0 Å². The quantitative estimate of drug-likeness (QED) is 0.436. The highest BCUT2D eigenvalue weighted by molar-refractivity contribution is 7.61. The molecule has 2 aromatic rings. The lowest BCUT2D eigenvalue weighted by molar-refractivity contribution is 0.0661. The van der Waals surface area contributed by atoms with E-state index in [1.54, 1.807) is 36.4 Å². The molecule has 10 heteroatoms. The van der Waals surface area contributed by atoms with Gasteiger partial charge in [0.15, 0.2) is 0 Å². The average Bonchev–Trinajstić information content (AvgIpc) is 2.62. The molecule has 0 aliphatic rings. The monoisotopic (exact) mass is 402 g/mol. The fourth-order valence-electron chi connectivity index (χ4n) is 1.87. The predicted molar refractivity (Wildman–Crippen MR) is 95.5 cm³/mol. The zero-order valence-electron chi connectivity index (χ0n) is 13.8. The smallest absolute Gasteiger partial charge is 0.404 e. The van der Waals surface area contributed by atoms with E-state index in [1.807, 2.05) is 0 Å². The second-order valence-corrected chi connectivity index (χ2v) is 8.20. The van der Waals surface area contributed by atoms with Gasteiger partial charge in [-0.15, -0.1) is 0 Å². The lowest BCUT2D eigenvalue weighted by atomic mass is 10.3. The van der Waals surface area contributed by atoms with Crippen molar-refractivity contribution in [2.75, 3.05) is 26.4 Å². The molecular formula is C16H20O8P2. The first-order valence-electron chi connectivity index (χ1n) is 7.72. The maximum Gasteiger partial charge on any atom is 0.527 e. The zero-order valence-corrected chi connectivity index (χ0v) is 15.6. The first kappa shape index (κ1) is 20.8. The lowest BCUT2D eigenvalue weighted by Crippen LogP contribution is -2.12. The summed E-state index contributed by atoms with van der Waals surface area (Å²) in [6, 6.07) is 16.1. The number of hydrogen-bond acceptors (Lipinski definition) is 6. The van der Waals surface area contributed by atoms with Gasteiger partial charge >= 0.3 is 15.4 Å². The van der Waals surface area contributed by atoms with Crippen molar-refractivity contribution in [3.63, 3.8) is 0 Å². The molecule has 2 atom stereocenters. The highest BCUT2D eigenvalue weighted by Crippen LogP contribution is 2.43. The number of hydrogen-bond donors (Lipinski definition) is 2. The normalized spacial score (nSPS) is 15.8. The van der Waals surface area contributed by atoms with Gasteiger partial charge in [0, 0.05) is 0 Å². The fraction of sp³-hybridized carbons (Fsp3) is 0.250. The first-order valence-corrected chi connectivity index (χ1v) is 10.8. The molecule has 2 unspecified atom stereocenters. The minimum absolute atomic E-state index is 0.00682. The number of benzene rings is 2. The van der Waals surface area contributed by atoms with Gasteiger partial charge in [-0.05, 0) is 24.3 Å². The van der Waals surface area contributed by atoms with Crippen LogP contribution in [0.1, 0.15) is 0 Å². The number of ether oxygens (including phenoxy) is 1. The topological polar surface area (TPSA) is 112 Å². The first-order chi connectivity index (χ1) is 12.4. The molecule has 0 aromatic heterocycles. The van der Waals surface area contributed by atoms with E-state index in [2.05, 4.69) is 0 Å². The maximum absolute atomic E-state index is 12.0. The van der Waals surface area contributed by atoms with Crippen LogP contribution in [-0.2, 0) is 22.9 Å². The second-order valence-electron chi connectivity index (χ2n) is 5.01. The van der Waals surface area contributed by atoms with Crippen LogP contribution in [0.4, 0.5) is 0 Å². The van der Waals surface area contributed by atoms with Crippen LogP contribution in [0.3, 0.4) is 0 Å². The number of phosphoric acid groups is 1. The van der Waals surface area contributed by atoms with Crippen molar-refractivity contribution in [2.45, 2.75) is 0 Å². The highest BCUT2D eigenvalue weighted by Gasteiger charge is 2.23. The van der Waals surface area contributed by atoms with Crippen LogP contribution >= 0.6 is 15.4 Å². The van der Waals surface area contributed by atoms with Crippen LogP contribution in [0.5, 0.6) is 5.75 Å². The van der Waals surface area contributed by atoms with E-state index in [4.69, 9.17) is 18.3 Å². The predicted octanol–water partition coefficient (Wildman–Crippen LogP) is 2.73. The Kier molecular flexibility index (Phi) is 8.00. The van der Waals surface area contributed by atoms with Crippen molar-refractivity contribution in [1.29, 1.82) is 0 Å². The molecule has 0 saturated heterocycles. The minimum atomic E-state index is -4.23. The summed E-state index contributed by atoms with van der Waals surface area (Å²) in [5, 5.41) is 0.197. The van der Waals surface area contributed by atoms with Crippen LogP contribution in [0.25, 0.3) is 0 Å². The summed E-state index contributed by atoms with van der Waals surface area (Å²) in [5.41, 5.74) is 0. The van der Waals surface area contributed by atoms with Crippen LogP contribution < -0.4 is 9.83 Å². The van der Waals surface area contributed by atoms with Gasteiger partial charge in [0.2, 0.25) is 0 Å². The van der Waals surface area contributed by atoms with E-state index in [1.165, 1.54) is 24.3 Å². The molecule has 2 aromatic carbocycles. The minimum Gasteiger partial charge on any atom is -0.404 e. The molecule has 0 saturated carbocycles. The molecule has 2 rings (SSSR count). The Balaban J connectivity index is 1.60. The van der Waals surface area contributed by atoms with Crippen molar-refractivity contribution >= 4 is 20.7 Å². The van der Waals surface area contributed by atoms with Crippen LogP contribution in [0.15, 0.2) is 60.7 Å². The van der Waals surface area contributed by atoms with Crippen molar-refractivity contribution < 1.29 is 37.2 Å². The van der Waals surface area contributed by atoms with Gasteiger partial charge in [-0.25, -0.2) is 4.57 Å². The molecule has 0 bridgehead atoms. The van der Waals surface area contributed by atoms with Crippen LogP contribution in [-0.4, -0.2) is 36.2 Å². The maximum atomic E-state index is 12.0. The standard InChI is InChI=1S/C16H20O8P2/c17-25(18,16-9-5-2-6-10-16)22-13-11-21-12-14-23-26(19,20)24-15-7-3-1-4-8-15/h1-10H,11-14H2,(H,17,18)(H,19,20). The summed E-state index contributed by atoms with van der Waals surface area (Å²) in [4.78, 5) is 19.4. The van der Waals surface area contributed by atoms with Gasteiger partial charge in [0.25, 0.3) is 0 Å². The van der Waals surface area contributed by atoms with E-state index >= 15 is 0 Å². The summed E-state index contributed by atoms with van der Waals surface area (Å²) in [5.74, 6) is 0.215. The number of rotatable bonds is 11. The third-order valence-corrected chi connectivity index (χ3v) is 5.46. The molecule has 0 spiro atoms. The Bertz CT molecular complexity index is 753. The van der Waals surface area contributed by atoms with Gasteiger partial charge in [0.05, 0.1) is 31.7 Å². The van der Waals surface area contributed by atoms with Gasteiger partial charge < -0.3 is 18.7 Å². The summed E-state index contributed by atoms with van der Waals surface area (Å²) in [6.07, 6.45) is 0. The van der Waals surface area contributed by atoms with Crippen LogP contribution in [0.2, 0.25) is 0 Å². The van der Waals surface area contributed by atoms with Crippen molar-refractivity contribution in [3.05, 3.63) is 60.7 Å². The lowest BCUT2D eigenvalue weighted by Gasteiger charge is -2.14. The Morgan fingerprint density at radius 2 is 1.27 bits per heavy atom. The van der Waals surface area contributed by atoms with E-state index in [9.17, 15) is 18.9 Å². The molecule has 0 heterocycles. The average molecular weight is 402 g/mol. The van der Waals surface area contributed by atoms with Gasteiger partial charge in [-0.2, -0.15) is 0 Å². The number of phosphoric ester groups is 1. The molecule has 0 aliphatic carbocycles. The fourth-order valence-corrected chi connectivity index (χ4v) is 3.63. The molecule has 0 fully saturated rings. The molecule has 26 heavy (non-hydrogen) atoms. The summed E-state index contributed by atoms with van der Waals surface area (Å²) >= 11 is 0. The molecule has 2 N–H and O–H groups in total.